The first-order valence-corrected chi connectivity index (χ1v) is 10.3. The first-order chi connectivity index (χ1) is 13.2. The van der Waals surface area contributed by atoms with Crippen LogP contribution < -0.4 is 5.32 Å². The van der Waals surface area contributed by atoms with E-state index in [1.54, 1.807) is 11.8 Å². The predicted octanol–water partition coefficient (Wildman–Crippen LogP) is 6.51. The Morgan fingerprint density at radius 3 is 2.26 bits per heavy atom. The molecule has 3 aromatic carbocycles. The van der Waals surface area contributed by atoms with E-state index in [2.05, 4.69) is 12.2 Å². The highest BCUT2D eigenvalue weighted by Gasteiger charge is 2.13. The van der Waals surface area contributed by atoms with Crippen molar-refractivity contribution in [1.82, 2.24) is 5.32 Å². The van der Waals surface area contributed by atoms with Gasteiger partial charge in [-0.3, -0.25) is 4.79 Å². The van der Waals surface area contributed by atoms with Gasteiger partial charge in [-0.2, -0.15) is 0 Å². The standard InChI is InChI=1S/C23H22ClNOS/c1-2-22(18-6-4-3-5-7-18)25-23(26)19-10-8-17(9-11-19)16-27-21-14-12-20(24)13-15-21/h3-15,22H,2,16H2,1H3,(H,25,26). The van der Waals surface area contributed by atoms with E-state index in [9.17, 15) is 4.79 Å². The molecule has 1 N–H and O–H groups in total. The molecule has 0 spiro atoms. The number of nitrogens with one attached hydrogen (secondary N) is 1. The smallest absolute Gasteiger partial charge is 0.251 e. The van der Waals surface area contributed by atoms with E-state index in [0.717, 1.165) is 22.8 Å². The molecule has 0 bridgehead atoms. The zero-order valence-corrected chi connectivity index (χ0v) is 16.8. The number of halogens is 1. The van der Waals surface area contributed by atoms with Crippen molar-refractivity contribution < 1.29 is 4.79 Å². The molecule has 0 radical (unpaired) electrons. The highest BCUT2D eigenvalue weighted by atomic mass is 35.5. The summed E-state index contributed by atoms with van der Waals surface area (Å²) in [5.41, 5.74) is 3.00. The van der Waals surface area contributed by atoms with Gasteiger partial charge in [-0.1, -0.05) is 61.0 Å². The van der Waals surface area contributed by atoms with Crippen LogP contribution in [0.5, 0.6) is 0 Å². The first kappa shape index (κ1) is 19.5. The largest absolute Gasteiger partial charge is 0.345 e. The summed E-state index contributed by atoms with van der Waals surface area (Å²) < 4.78 is 0. The summed E-state index contributed by atoms with van der Waals surface area (Å²) in [6.45, 7) is 2.08. The Labute approximate surface area is 170 Å². The Morgan fingerprint density at radius 1 is 0.963 bits per heavy atom. The van der Waals surface area contributed by atoms with Gasteiger partial charge in [0.25, 0.3) is 5.91 Å². The Hall–Kier alpha value is -2.23. The van der Waals surface area contributed by atoms with Gasteiger partial charge in [0, 0.05) is 21.2 Å². The maximum atomic E-state index is 12.6. The predicted molar refractivity (Wildman–Crippen MR) is 114 cm³/mol. The molecule has 0 saturated heterocycles. The van der Waals surface area contributed by atoms with Crippen molar-refractivity contribution in [2.75, 3.05) is 0 Å². The van der Waals surface area contributed by atoms with Crippen molar-refractivity contribution in [2.24, 2.45) is 0 Å². The molecular weight excluding hydrogens is 374 g/mol. The molecule has 0 aliphatic carbocycles. The van der Waals surface area contributed by atoms with Crippen LogP contribution in [0.1, 0.15) is 40.9 Å². The Morgan fingerprint density at radius 2 is 1.63 bits per heavy atom. The molecule has 0 aliphatic rings. The zero-order chi connectivity index (χ0) is 19.1. The molecule has 1 atom stereocenters. The minimum atomic E-state index is -0.0393. The topological polar surface area (TPSA) is 29.1 Å². The number of thioether (sulfide) groups is 1. The average molecular weight is 396 g/mol. The first-order valence-electron chi connectivity index (χ1n) is 8.99. The van der Waals surface area contributed by atoms with Crippen molar-refractivity contribution in [2.45, 2.75) is 30.0 Å². The van der Waals surface area contributed by atoms with Crippen LogP contribution in [0.2, 0.25) is 5.02 Å². The monoisotopic (exact) mass is 395 g/mol. The lowest BCUT2D eigenvalue weighted by Gasteiger charge is -2.17. The van der Waals surface area contributed by atoms with Crippen LogP contribution >= 0.6 is 23.4 Å². The van der Waals surface area contributed by atoms with Crippen molar-refractivity contribution >= 4 is 29.3 Å². The van der Waals surface area contributed by atoms with E-state index in [1.165, 1.54) is 10.5 Å². The zero-order valence-electron chi connectivity index (χ0n) is 15.2. The fraction of sp³-hybridized carbons (Fsp3) is 0.174. The third-order valence-electron chi connectivity index (χ3n) is 4.35. The fourth-order valence-corrected chi connectivity index (χ4v) is 3.78. The number of benzene rings is 3. The third kappa shape index (κ3) is 5.62. The number of hydrogen-bond donors (Lipinski definition) is 1. The van der Waals surface area contributed by atoms with Crippen molar-refractivity contribution in [1.29, 1.82) is 0 Å². The van der Waals surface area contributed by atoms with Gasteiger partial charge in [0.15, 0.2) is 0 Å². The second kappa shape index (κ2) is 9.63. The summed E-state index contributed by atoms with van der Waals surface area (Å²) in [6.07, 6.45) is 0.853. The van der Waals surface area contributed by atoms with Crippen LogP contribution in [0.25, 0.3) is 0 Å². The van der Waals surface area contributed by atoms with Crippen molar-refractivity contribution in [3.05, 3.63) is 101 Å². The minimum absolute atomic E-state index is 0.0267. The second-order valence-electron chi connectivity index (χ2n) is 6.28. The van der Waals surface area contributed by atoms with Crippen LogP contribution in [-0.4, -0.2) is 5.91 Å². The van der Waals surface area contributed by atoms with E-state index >= 15 is 0 Å². The third-order valence-corrected chi connectivity index (χ3v) is 5.69. The highest BCUT2D eigenvalue weighted by Crippen LogP contribution is 2.24. The summed E-state index contributed by atoms with van der Waals surface area (Å²) in [4.78, 5) is 13.8. The van der Waals surface area contributed by atoms with Gasteiger partial charge >= 0.3 is 0 Å². The lowest BCUT2D eigenvalue weighted by molar-refractivity contribution is 0.0935. The minimum Gasteiger partial charge on any atom is -0.345 e. The summed E-state index contributed by atoms with van der Waals surface area (Å²) in [7, 11) is 0. The normalized spacial score (nSPS) is 11.8. The van der Waals surface area contributed by atoms with Crippen molar-refractivity contribution in [3.63, 3.8) is 0 Å². The molecule has 1 amide bonds. The molecule has 3 rings (SSSR count). The Balaban J connectivity index is 1.59. The molecule has 0 saturated carbocycles. The molecular formula is C23H22ClNOS. The number of carbonyl (C=O) groups excluding carboxylic acids is 1. The fourth-order valence-electron chi connectivity index (χ4n) is 2.80. The molecule has 0 aliphatic heterocycles. The molecule has 4 heteroatoms. The molecule has 0 aromatic heterocycles. The van der Waals surface area contributed by atoms with E-state index in [4.69, 9.17) is 11.6 Å². The van der Waals surface area contributed by atoms with Crippen molar-refractivity contribution in [3.8, 4) is 0 Å². The van der Waals surface area contributed by atoms with Gasteiger partial charge in [-0.05, 0) is 53.9 Å². The molecule has 138 valence electrons. The van der Waals surface area contributed by atoms with E-state index < -0.39 is 0 Å². The van der Waals surface area contributed by atoms with Gasteiger partial charge in [-0.25, -0.2) is 0 Å². The van der Waals surface area contributed by atoms with Crippen LogP contribution in [0.3, 0.4) is 0 Å². The van der Waals surface area contributed by atoms with E-state index in [0.29, 0.717) is 5.56 Å². The van der Waals surface area contributed by atoms with E-state index in [-0.39, 0.29) is 11.9 Å². The van der Waals surface area contributed by atoms with Gasteiger partial charge in [0.2, 0.25) is 0 Å². The summed E-state index contributed by atoms with van der Waals surface area (Å²) >= 11 is 7.66. The second-order valence-corrected chi connectivity index (χ2v) is 7.77. The molecule has 3 aromatic rings. The number of rotatable bonds is 7. The summed E-state index contributed by atoms with van der Waals surface area (Å²) in [5, 5.41) is 3.87. The number of hydrogen-bond acceptors (Lipinski definition) is 2. The Kier molecular flexibility index (Phi) is 6.97. The van der Waals surface area contributed by atoms with Gasteiger partial charge in [0.05, 0.1) is 6.04 Å². The quantitative estimate of drug-likeness (QED) is 0.462. The van der Waals surface area contributed by atoms with Gasteiger partial charge in [0.1, 0.15) is 0 Å². The Bertz CT molecular complexity index is 863. The SMILES string of the molecule is CCC(NC(=O)c1ccc(CSc2ccc(Cl)cc2)cc1)c1ccccc1. The average Bonchev–Trinajstić information content (AvgIpc) is 2.72. The number of carbonyl (C=O) groups is 1. The molecule has 1 unspecified atom stereocenters. The summed E-state index contributed by atoms with van der Waals surface area (Å²) in [5.74, 6) is 0.813. The van der Waals surface area contributed by atoms with Crippen LogP contribution in [0.15, 0.2) is 83.8 Å². The maximum Gasteiger partial charge on any atom is 0.251 e. The van der Waals surface area contributed by atoms with Gasteiger partial charge < -0.3 is 5.32 Å². The maximum absolute atomic E-state index is 12.6. The van der Waals surface area contributed by atoms with Crippen LogP contribution in [0.4, 0.5) is 0 Å². The number of amides is 1. The summed E-state index contributed by atoms with van der Waals surface area (Å²) in [6, 6.07) is 25.7. The van der Waals surface area contributed by atoms with Gasteiger partial charge in [-0.15, -0.1) is 11.8 Å². The lowest BCUT2D eigenvalue weighted by Crippen LogP contribution is -2.28. The van der Waals surface area contributed by atoms with Crippen LogP contribution in [-0.2, 0) is 5.75 Å². The lowest BCUT2D eigenvalue weighted by atomic mass is 10.0. The molecule has 27 heavy (non-hydrogen) atoms. The highest BCUT2D eigenvalue weighted by molar-refractivity contribution is 7.98. The van der Waals surface area contributed by atoms with E-state index in [1.807, 2.05) is 78.9 Å². The molecule has 0 fully saturated rings. The van der Waals surface area contributed by atoms with Crippen LogP contribution in [0, 0.1) is 0 Å². The molecule has 0 heterocycles. The molecule has 2 nitrogen and oxygen atoms in total.